The highest BCUT2D eigenvalue weighted by atomic mass is 19.1. The lowest BCUT2D eigenvalue weighted by atomic mass is 10.0. The van der Waals surface area contributed by atoms with Gasteiger partial charge in [-0.1, -0.05) is 26.0 Å². The second kappa shape index (κ2) is 6.12. The first-order chi connectivity index (χ1) is 7.95. The molecule has 1 aromatic carbocycles. The van der Waals surface area contributed by atoms with E-state index < -0.39 is 0 Å². The largest absolute Gasteiger partial charge is 0.329 e. The van der Waals surface area contributed by atoms with E-state index in [2.05, 4.69) is 25.8 Å². The lowest BCUT2D eigenvalue weighted by molar-refractivity contribution is 0.223. The minimum atomic E-state index is -0.156. The van der Waals surface area contributed by atoms with Crippen molar-refractivity contribution in [3.8, 4) is 0 Å². The van der Waals surface area contributed by atoms with E-state index in [9.17, 15) is 4.39 Å². The third kappa shape index (κ3) is 3.79. The summed E-state index contributed by atoms with van der Waals surface area (Å²) in [5, 5.41) is 0. The van der Waals surface area contributed by atoms with Crippen molar-refractivity contribution in [3.05, 3.63) is 35.1 Å². The van der Waals surface area contributed by atoms with E-state index in [0.29, 0.717) is 18.0 Å². The standard InChI is InChI=1S/C14H23FN2/c1-10(2)9-17(4)14(8-16)12-5-6-13(15)11(3)7-12/h5-7,10,14H,8-9,16H2,1-4H3. The molecule has 0 spiro atoms. The maximum atomic E-state index is 13.2. The zero-order valence-electron chi connectivity index (χ0n) is 11.2. The summed E-state index contributed by atoms with van der Waals surface area (Å²) in [5.74, 6) is 0.437. The molecule has 2 nitrogen and oxygen atoms in total. The van der Waals surface area contributed by atoms with E-state index in [1.54, 1.807) is 6.92 Å². The molecule has 0 aliphatic rings. The summed E-state index contributed by atoms with van der Waals surface area (Å²) in [4.78, 5) is 2.23. The van der Waals surface area contributed by atoms with E-state index in [1.165, 1.54) is 6.07 Å². The molecule has 0 bridgehead atoms. The van der Waals surface area contributed by atoms with E-state index in [-0.39, 0.29) is 11.9 Å². The predicted molar refractivity (Wildman–Crippen MR) is 70.4 cm³/mol. The monoisotopic (exact) mass is 238 g/mol. The molecule has 1 rings (SSSR count). The SMILES string of the molecule is Cc1cc(C(CN)N(C)CC(C)C)ccc1F. The van der Waals surface area contributed by atoms with Crippen LogP contribution in [0.5, 0.6) is 0 Å². The van der Waals surface area contributed by atoms with Crippen LogP contribution in [0.25, 0.3) is 0 Å². The Morgan fingerprint density at radius 2 is 2.00 bits per heavy atom. The predicted octanol–water partition coefficient (Wildman–Crippen LogP) is 2.72. The lowest BCUT2D eigenvalue weighted by Crippen LogP contribution is -2.33. The van der Waals surface area contributed by atoms with Crippen molar-refractivity contribution in [2.45, 2.75) is 26.8 Å². The highest BCUT2D eigenvalue weighted by molar-refractivity contribution is 5.26. The van der Waals surface area contributed by atoms with Crippen molar-refractivity contribution >= 4 is 0 Å². The van der Waals surface area contributed by atoms with Gasteiger partial charge in [-0.15, -0.1) is 0 Å². The van der Waals surface area contributed by atoms with Crippen LogP contribution in [0.15, 0.2) is 18.2 Å². The van der Waals surface area contributed by atoms with Crippen LogP contribution in [0.2, 0.25) is 0 Å². The van der Waals surface area contributed by atoms with Gasteiger partial charge in [-0.2, -0.15) is 0 Å². The Bertz CT molecular complexity index is 363. The minimum absolute atomic E-state index is 0.156. The van der Waals surface area contributed by atoms with Crippen LogP contribution in [-0.4, -0.2) is 25.0 Å². The number of nitrogens with two attached hydrogens (primary N) is 1. The Hall–Kier alpha value is -0.930. The minimum Gasteiger partial charge on any atom is -0.329 e. The molecule has 0 radical (unpaired) electrons. The van der Waals surface area contributed by atoms with Gasteiger partial charge in [0.05, 0.1) is 0 Å². The fourth-order valence-electron chi connectivity index (χ4n) is 2.15. The van der Waals surface area contributed by atoms with Crippen molar-refractivity contribution in [1.29, 1.82) is 0 Å². The van der Waals surface area contributed by atoms with E-state index in [1.807, 2.05) is 12.1 Å². The van der Waals surface area contributed by atoms with Crippen LogP contribution in [0.3, 0.4) is 0 Å². The van der Waals surface area contributed by atoms with Gasteiger partial charge in [0.1, 0.15) is 5.82 Å². The molecule has 1 atom stereocenters. The summed E-state index contributed by atoms with van der Waals surface area (Å²) >= 11 is 0. The van der Waals surface area contributed by atoms with Crippen LogP contribution >= 0.6 is 0 Å². The van der Waals surface area contributed by atoms with Gasteiger partial charge in [0.25, 0.3) is 0 Å². The van der Waals surface area contributed by atoms with E-state index >= 15 is 0 Å². The van der Waals surface area contributed by atoms with Crippen molar-refractivity contribution in [1.82, 2.24) is 4.90 Å². The van der Waals surface area contributed by atoms with Gasteiger partial charge >= 0.3 is 0 Å². The van der Waals surface area contributed by atoms with Crippen LogP contribution in [-0.2, 0) is 0 Å². The number of rotatable bonds is 5. The second-order valence-electron chi connectivity index (χ2n) is 5.09. The Morgan fingerprint density at radius 3 is 2.47 bits per heavy atom. The van der Waals surface area contributed by atoms with Crippen molar-refractivity contribution in [3.63, 3.8) is 0 Å². The Balaban J connectivity index is 2.89. The summed E-state index contributed by atoms with van der Waals surface area (Å²) in [5.41, 5.74) is 7.61. The van der Waals surface area contributed by atoms with Crippen LogP contribution in [0.1, 0.15) is 31.0 Å². The number of nitrogens with zero attached hydrogens (tertiary/aromatic N) is 1. The molecular formula is C14H23FN2. The van der Waals surface area contributed by atoms with Gasteiger partial charge in [-0.3, -0.25) is 4.90 Å². The molecule has 0 aliphatic heterocycles. The first-order valence-electron chi connectivity index (χ1n) is 6.12. The average Bonchev–Trinajstić information content (AvgIpc) is 2.23. The van der Waals surface area contributed by atoms with Gasteiger partial charge in [0.2, 0.25) is 0 Å². The number of hydrogen-bond acceptors (Lipinski definition) is 2. The molecule has 2 N–H and O–H groups in total. The molecule has 0 saturated carbocycles. The van der Waals surface area contributed by atoms with Gasteiger partial charge < -0.3 is 5.73 Å². The fourth-order valence-corrected chi connectivity index (χ4v) is 2.15. The molecule has 3 heteroatoms. The van der Waals surface area contributed by atoms with Crippen LogP contribution in [0.4, 0.5) is 4.39 Å². The molecule has 1 aromatic rings. The molecule has 0 saturated heterocycles. The average molecular weight is 238 g/mol. The summed E-state index contributed by atoms with van der Waals surface area (Å²) in [6.07, 6.45) is 0. The summed E-state index contributed by atoms with van der Waals surface area (Å²) in [7, 11) is 2.07. The maximum Gasteiger partial charge on any atom is 0.126 e. The van der Waals surface area contributed by atoms with Crippen molar-refractivity contribution in [2.75, 3.05) is 20.1 Å². The molecule has 0 heterocycles. The van der Waals surface area contributed by atoms with E-state index in [4.69, 9.17) is 5.73 Å². The Kier molecular flexibility index (Phi) is 5.09. The molecule has 0 amide bonds. The zero-order chi connectivity index (χ0) is 13.0. The van der Waals surface area contributed by atoms with Gasteiger partial charge in [-0.25, -0.2) is 4.39 Å². The first kappa shape index (κ1) is 14.1. The van der Waals surface area contributed by atoms with Gasteiger partial charge in [0.15, 0.2) is 0 Å². The number of halogens is 1. The fraction of sp³-hybridized carbons (Fsp3) is 0.571. The number of benzene rings is 1. The van der Waals surface area contributed by atoms with Gasteiger partial charge in [-0.05, 0) is 37.1 Å². The molecule has 0 fully saturated rings. The molecule has 0 aromatic heterocycles. The molecular weight excluding hydrogens is 215 g/mol. The second-order valence-corrected chi connectivity index (χ2v) is 5.09. The third-order valence-electron chi connectivity index (χ3n) is 2.98. The normalized spacial score (nSPS) is 13.4. The van der Waals surface area contributed by atoms with Crippen LogP contribution < -0.4 is 5.73 Å². The first-order valence-corrected chi connectivity index (χ1v) is 6.12. The third-order valence-corrected chi connectivity index (χ3v) is 2.98. The lowest BCUT2D eigenvalue weighted by Gasteiger charge is -2.29. The highest BCUT2D eigenvalue weighted by Crippen LogP contribution is 2.21. The van der Waals surface area contributed by atoms with Crippen molar-refractivity contribution in [2.24, 2.45) is 11.7 Å². The van der Waals surface area contributed by atoms with E-state index in [0.717, 1.165) is 12.1 Å². The summed E-state index contributed by atoms with van der Waals surface area (Å²) < 4.78 is 13.2. The Labute approximate surface area is 104 Å². The quantitative estimate of drug-likeness (QED) is 0.854. The molecule has 0 aliphatic carbocycles. The molecule has 96 valence electrons. The summed E-state index contributed by atoms with van der Waals surface area (Å²) in [6, 6.07) is 5.41. The van der Waals surface area contributed by atoms with Gasteiger partial charge in [0, 0.05) is 19.1 Å². The van der Waals surface area contributed by atoms with Crippen LogP contribution in [0, 0.1) is 18.7 Å². The maximum absolute atomic E-state index is 13.2. The number of aryl methyl sites for hydroxylation is 1. The topological polar surface area (TPSA) is 29.3 Å². The molecule has 17 heavy (non-hydrogen) atoms. The highest BCUT2D eigenvalue weighted by Gasteiger charge is 2.16. The Morgan fingerprint density at radius 1 is 1.35 bits per heavy atom. The zero-order valence-corrected chi connectivity index (χ0v) is 11.2. The summed E-state index contributed by atoms with van der Waals surface area (Å²) in [6.45, 7) is 7.68. The smallest absolute Gasteiger partial charge is 0.126 e. The van der Waals surface area contributed by atoms with Crippen molar-refractivity contribution < 1.29 is 4.39 Å². The number of likely N-dealkylation sites (N-methyl/N-ethyl adjacent to an activating group) is 1. The number of hydrogen-bond donors (Lipinski definition) is 1. The molecule has 1 unspecified atom stereocenters.